The molecule has 0 radical (unpaired) electrons. The lowest BCUT2D eigenvalue weighted by Gasteiger charge is -2.15. The number of pyridine rings is 1. The van der Waals surface area contributed by atoms with E-state index in [2.05, 4.69) is 56.5 Å². The average molecular weight is 312 g/mol. The highest BCUT2D eigenvalue weighted by Crippen LogP contribution is 2.25. The van der Waals surface area contributed by atoms with E-state index in [1.807, 2.05) is 18.2 Å². The molecule has 2 aromatic rings. The number of rotatable bonds is 6. The predicted octanol–water partition coefficient (Wildman–Crippen LogP) is 4.36. The Labute approximate surface area is 138 Å². The maximum atomic E-state index is 11.0. The first kappa shape index (κ1) is 17.2. The first-order chi connectivity index (χ1) is 10.9. The van der Waals surface area contributed by atoms with Gasteiger partial charge in [-0.15, -0.1) is 0 Å². The summed E-state index contributed by atoms with van der Waals surface area (Å²) in [5, 5.41) is 9.05. The second-order valence-corrected chi connectivity index (χ2v) is 6.56. The number of aliphatic carboxylic acids is 1. The van der Waals surface area contributed by atoms with Gasteiger partial charge in [0.1, 0.15) is 6.42 Å². The molecule has 23 heavy (non-hydrogen) atoms. The van der Waals surface area contributed by atoms with Crippen molar-refractivity contribution in [1.82, 2.24) is 0 Å². The molecule has 3 nitrogen and oxygen atoms in total. The maximum Gasteiger partial charge on any atom is 0.309 e. The molecule has 122 valence electrons. The van der Waals surface area contributed by atoms with E-state index in [0.717, 1.165) is 0 Å². The lowest BCUT2D eigenvalue weighted by molar-refractivity contribution is -0.712. The highest BCUT2D eigenvalue weighted by atomic mass is 16.4. The van der Waals surface area contributed by atoms with Crippen LogP contribution in [0.15, 0.2) is 42.5 Å². The molecule has 0 atom stereocenters. The summed E-state index contributed by atoms with van der Waals surface area (Å²) in [7, 11) is 0. The second kappa shape index (κ2) is 7.40. The number of carboxylic acid groups (broad SMARTS) is 1. The molecule has 1 N–H and O–H groups in total. The van der Waals surface area contributed by atoms with Crippen LogP contribution in [0.2, 0.25) is 0 Å². The molecule has 0 aliphatic carbocycles. The fourth-order valence-electron chi connectivity index (χ4n) is 2.88. The van der Waals surface area contributed by atoms with Crippen LogP contribution in [0.1, 0.15) is 57.3 Å². The topological polar surface area (TPSA) is 41.2 Å². The summed E-state index contributed by atoms with van der Waals surface area (Å²) in [6.45, 7) is 9.15. The maximum absolute atomic E-state index is 11.0. The van der Waals surface area contributed by atoms with Crippen LogP contribution in [-0.4, -0.2) is 11.1 Å². The molecule has 0 aliphatic rings. The minimum Gasteiger partial charge on any atom is -0.481 e. The van der Waals surface area contributed by atoms with E-state index in [1.165, 1.54) is 22.5 Å². The van der Waals surface area contributed by atoms with Gasteiger partial charge in [0.05, 0.1) is 0 Å². The molecule has 0 saturated carbocycles. The van der Waals surface area contributed by atoms with Crippen LogP contribution < -0.4 is 4.57 Å². The van der Waals surface area contributed by atoms with E-state index in [9.17, 15) is 4.79 Å². The van der Waals surface area contributed by atoms with Gasteiger partial charge in [0.2, 0.25) is 0 Å². The zero-order chi connectivity index (χ0) is 17.0. The molecular formula is C20H26NO2+. The van der Waals surface area contributed by atoms with Crippen LogP contribution in [0.4, 0.5) is 0 Å². The van der Waals surface area contributed by atoms with Gasteiger partial charge in [-0.1, -0.05) is 58.0 Å². The van der Waals surface area contributed by atoms with Crippen molar-refractivity contribution in [2.24, 2.45) is 0 Å². The Hall–Kier alpha value is -2.16. The number of benzene rings is 1. The van der Waals surface area contributed by atoms with Crippen molar-refractivity contribution in [2.75, 3.05) is 0 Å². The van der Waals surface area contributed by atoms with Crippen LogP contribution in [0.25, 0.3) is 11.1 Å². The Morgan fingerprint density at radius 3 is 1.91 bits per heavy atom. The number of carboxylic acids is 1. The Morgan fingerprint density at radius 1 is 0.957 bits per heavy atom. The van der Waals surface area contributed by atoms with E-state index in [-0.39, 0.29) is 6.42 Å². The van der Waals surface area contributed by atoms with E-state index >= 15 is 0 Å². The third-order valence-corrected chi connectivity index (χ3v) is 4.07. The van der Waals surface area contributed by atoms with Gasteiger partial charge >= 0.3 is 5.97 Å². The SMILES string of the molecule is CC(C)c1cc(-c2ccccc2)cc(C(C)C)[n+]1CCC(=O)O. The van der Waals surface area contributed by atoms with Gasteiger partial charge in [0.25, 0.3) is 0 Å². The Morgan fingerprint density at radius 2 is 1.48 bits per heavy atom. The summed E-state index contributed by atoms with van der Waals surface area (Å²) >= 11 is 0. The summed E-state index contributed by atoms with van der Waals surface area (Å²) in [5.41, 5.74) is 4.78. The van der Waals surface area contributed by atoms with E-state index in [4.69, 9.17) is 5.11 Å². The van der Waals surface area contributed by atoms with Gasteiger partial charge in [0.15, 0.2) is 17.9 Å². The first-order valence-corrected chi connectivity index (χ1v) is 8.25. The third kappa shape index (κ3) is 4.19. The molecule has 0 fully saturated rings. The van der Waals surface area contributed by atoms with E-state index < -0.39 is 5.97 Å². The van der Waals surface area contributed by atoms with Crippen molar-refractivity contribution in [3.63, 3.8) is 0 Å². The molecule has 1 aromatic heterocycles. The lowest BCUT2D eigenvalue weighted by atomic mass is 9.97. The Balaban J connectivity index is 2.59. The highest BCUT2D eigenvalue weighted by Gasteiger charge is 2.24. The van der Waals surface area contributed by atoms with Gasteiger partial charge in [0, 0.05) is 24.0 Å². The van der Waals surface area contributed by atoms with Crippen molar-refractivity contribution in [3.05, 3.63) is 53.9 Å². The van der Waals surface area contributed by atoms with Gasteiger partial charge in [-0.25, -0.2) is 0 Å². The smallest absolute Gasteiger partial charge is 0.309 e. The first-order valence-electron chi connectivity index (χ1n) is 8.25. The standard InChI is InChI=1S/C20H25NO2/c1-14(2)18-12-17(16-8-6-5-7-9-16)13-19(15(3)4)21(18)11-10-20(22)23/h5-9,12-15H,10-11H2,1-4H3/p+1. The molecule has 0 unspecified atom stereocenters. The largest absolute Gasteiger partial charge is 0.481 e. The predicted molar refractivity (Wildman–Crippen MR) is 92.5 cm³/mol. The quantitative estimate of drug-likeness (QED) is 0.805. The third-order valence-electron chi connectivity index (χ3n) is 4.07. The van der Waals surface area contributed by atoms with Crippen molar-refractivity contribution >= 4 is 5.97 Å². The molecule has 1 aromatic carbocycles. The summed E-state index contributed by atoms with van der Waals surface area (Å²) in [6, 6.07) is 14.7. The molecular weight excluding hydrogens is 286 g/mol. The van der Waals surface area contributed by atoms with Crippen LogP contribution in [0.3, 0.4) is 0 Å². The number of hydrogen-bond donors (Lipinski definition) is 1. The fraction of sp³-hybridized carbons (Fsp3) is 0.400. The van der Waals surface area contributed by atoms with Crippen molar-refractivity contribution in [2.45, 2.75) is 52.5 Å². The molecule has 0 bridgehead atoms. The minimum absolute atomic E-state index is 0.148. The second-order valence-electron chi connectivity index (χ2n) is 6.56. The number of carbonyl (C=O) groups is 1. The van der Waals surface area contributed by atoms with Crippen LogP contribution in [0.5, 0.6) is 0 Å². The number of aromatic nitrogens is 1. The highest BCUT2D eigenvalue weighted by molar-refractivity contribution is 5.66. The van der Waals surface area contributed by atoms with Crippen LogP contribution in [0, 0.1) is 0 Å². The summed E-state index contributed by atoms with van der Waals surface area (Å²) in [6.07, 6.45) is 0.148. The summed E-state index contributed by atoms with van der Waals surface area (Å²) in [4.78, 5) is 11.0. The molecule has 2 rings (SSSR count). The molecule has 0 saturated heterocycles. The van der Waals surface area contributed by atoms with Gasteiger partial charge in [-0.3, -0.25) is 4.79 Å². The zero-order valence-electron chi connectivity index (χ0n) is 14.4. The normalized spacial score (nSPS) is 11.2. The van der Waals surface area contributed by atoms with Gasteiger partial charge < -0.3 is 5.11 Å². The van der Waals surface area contributed by atoms with Crippen LogP contribution >= 0.6 is 0 Å². The van der Waals surface area contributed by atoms with Crippen molar-refractivity contribution in [1.29, 1.82) is 0 Å². The van der Waals surface area contributed by atoms with E-state index in [1.54, 1.807) is 0 Å². The minimum atomic E-state index is -0.756. The molecule has 1 heterocycles. The molecule has 0 spiro atoms. The lowest BCUT2D eigenvalue weighted by Crippen LogP contribution is -2.44. The zero-order valence-corrected chi connectivity index (χ0v) is 14.4. The summed E-state index contributed by atoms with van der Waals surface area (Å²) in [5.74, 6) is -0.0797. The Bertz CT molecular complexity index is 646. The van der Waals surface area contributed by atoms with Crippen molar-refractivity contribution < 1.29 is 14.5 Å². The molecule has 3 heteroatoms. The van der Waals surface area contributed by atoms with Gasteiger partial charge in [-0.05, 0) is 11.1 Å². The Kier molecular flexibility index (Phi) is 5.54. The number of nitrogens with zero attached hydrogens (tertiary/aromatic N) is 1. The summed E-state index contributed by atoms with van der Waals surface area (Å²) < 4.78 is 2.19. The molecule has 0 amide bonds. The fourth-order valence-corrected chi connectivity index (χ4v) is 2.88. The monoisotopic (exact) mass is 312 g/mol. The van der Waals surface area contributed by atoms with Crippen LogP contribution in [-0.2, 0) is 11.3 Å². The van der Waals surface area contributed by atoms with Crippen molar-refractivity contribution in [3.8, 4) is 11.1 Å². The van der Waals surface area contributed by atoms with E-state index in [0.29, 0.717) is 18.4 Å². The van der Waals surface area contributed by atoms with Gasteiger partial charge in [-0.2, -0.15) is 4.57 Å². The number of hydrogen-bond acceptors (Lipinski definition) is 1. The average Bonchev–Trinajstić information content (AvgIpc) is 2.52. The molecule has 0 aliphatic heterocycles.